The summed E-state index contributed by atoms with van der Waals surface area (Å²) in [5.41, 5.74) is -1.57. The third-order valence-electron chi connectivity index (χ3n) is 3.90. The second-order valence-corrected chi connectivity index (χ2v) is 8.73. The number of carboxylic acid groups (broad SMARTS) is 1. The van der Waals surface area contributed by atoms with Gasteiger partial charge in [-0.05, 0) is 54.4 Å². The van der Waals surface area contributed by atoms with Gasteiger partial charge >= 0.3 is 18.0 Å². The molecule has 0 saturated heterocycles. The fourth-order valence-corrected chi connectivity index (χ4v) is 3.00. The highest BCUT2D eigenvalue weighted by Gasteiger charge is 2.45. The topological polar surface area (TPSA) is 92.9 Å². The van der Waals surface area contributed by atoms with E-state index in [1.54, 1.807) is 41.5 Å². The molecule has 0 aromatic heterocycles. The minimum Gasteiger partial charge on any atom is -0.476 e. The average molecular weight is 370 g/mol. The zero-order valence-electron chi connectivity index (χ0n) is 16.7. The Morgan fingerprint density at radius 3 is 1.88 bits per heavy atom. The van der Waals surface area contributed by atoms with E-state index in [0.29, 0.717) is 12.8 Å². The van der Waals surface area contributed by atoms with Crippen molar-refractivity contribution in [1.82, 2.24) is 0 Å². The van der Waals surface area contributed by atoms with E-state index in [4.69, 9.17) is 9.47 Å². The van der Waals surface area contributed by atoms with Crippen LogP contribution < -0.4 is 0 Å². The van der Waals surface area contributed by atoms with Crippen LogP contribution in [0.1, 0.15) is 73.6 Å². The van der Waals surface area contributed by atoms with E-state index >= 15 is 0 Å². The first-order valence-electron chi connectivity index (χ1n) is 9.12. The van der Waals surface area contributed by atoms with Gasteiger partial charge < -0.3 is 14.6 Å². The van der Waals surface area contributed by atoms with Crippen LogP contribution in [0.2, 0.25) is 0 Å². The van der Waals surface area contributed by atoms with E-state index in [1.807, 2.05) is 0 Å². The lowest BCUT2D eigenvalue weighted by molar-refractivity contribution is -0.486. The fourth-order valence-electron chi connectivity index (χ4n) is 3.00. The van der Waals surface area contributed by atoms with Gasteiger partial charge in [0.15, 0.2) is 0 Å². The number of hydrogen-bond acceptors (Lipinski definition) is 5. The summed E-state index contributed by atoms with van der Waals surface area (Å²) >= 11 is 0. The molecule has 0 aromatic carbocycles. The smallest absolute Gasteiger partial charge is 0.476 e. The number of amides is 1. The summed E-state index contributed by atoms with van der Waals surface area (Å²) in [7, 11) is 0. The number of rotatable bonds is 4. The second kappa shape index (κ2) is 8.64. The van der Waals surface area contributed by atoms with Crippen LogP contribution in [0.4, 0.5) is 4.79 Å². The predicted molar refractivity (Wildman–Crippen MR) is 96.4 cm³/mol. The van der Waals surface area contributed by atoms with Crippen molar-refractivity contribution in [2.24, 2.45) is 5.92 Å². The quantitative estimate of drug-likeness (QED) is 0.463. The summed E-state index contributed by atoms with van der Waals surface area (Å²) in [5, 5.41) is 9.77. The lowest BCUT2D eigenvalue weighted by atomic mass is 9.83. The van der Waals surface area contributed by atoms with E-state index in [9.17, 15) is 19.5 Å². The Bertz CT molecular complexity index is 562. The molecule has 1 fully saturated rings. The normalized spacial score (nSPS) is 18.2. The largest absolute Gasteiger partial charge is 0.597 e. The Morgan fingerprint density at radius 2 is 1.46 bits per heavy atom. The molecule has 1 aliphatic rings. The molecule has 26 heavy (non-hydrogen) atoms. The van der Waals surface area contributed by atoms with Gasteiger partial charge in [0.05, 0.1) is 0 Å². The first-order chi connectivity index (χ1) is 11.8. The number of carboxylic acids is 1. The highest BCUT2D eigenvalue weighted by molar-refractivity contribution is 6.22. The lowest BCUT2D eigenvalue weighted by Gasteiger charge is -2.25. The third-order valence-corrected chi connectivity index (χ3v) is 3.90. The van der Waals surface area contributed by atoms with Crippen LogP contribution in [-0.4, -0.2) is 51.2 Å². The van der Waals surface area contributed by atoms with Crippen LogP contribution in [0.15, 0.2) is 0 Å². The molecule has 1 aliphatic carbocycles. The molecule has 7 heteroatoms. The third kappa shape index (κ3) is 7.54. The number of aliphatic carboxylic acids is 1. The van der Waals surface area contributed by atoms with Crippen molar-refractivity contribution in [3.8, 4) is 0 Å². The Morgan fingerprint density at radius 1 is 0.962 bits per heavy atom. The lowest BCUT2D eigenvalue weighted by Crippen LogP contribution is -2.47. The van der Waals surface area contributed by atoms with Crippen molar-refractivity contribution < 1.29 is 33.5 Å². The van der Waals surface area contributed by atoms with Gasteiger partial charge in [-0.15, -0.1) is 4.58 Å². The van der Waals surface area contributed by atoms with Crippen molar-refractivity contribution in [2.75, 3.05) is 0 Å². The van der Waals surface area contributed by atoms with Gasteiger partial charge in [0.25, 0.3) is 12.3 Å². The zero-order chi connectivity index (χ0) is 20.1. The van der Waals surface area contributed by atoms with Crippen LogP contribution in [0.5, 0.6) is 0 Å². The Labute approximate surface area is 155 Å². The molecule has 1 rings (SSSR count). The summed E-state index contributed by atoms with van der Waals surface area (Å²) in [5.74, 6) is -2.15. The minimum atomic E-state index is -1.15. The Kier molecular flexibility index (Phi) is 7.35. The second-order valence-electron chi connectivity index (χ2n) is 8.73. The molecule has 0 aliphatic heterocycles. The monoisotopic (exact) mass is 370 g/mol. The van der Waals surface area contributed by atoms with Gasteiger partial charge in [-0.25, -0.2) is 9.59 Å². The van der Waals surface area contributed by atoms with Crippen LogP contribution in [0, 0.1) is 5.92 Å². The van der Waals surface area contributed by atoms with Gasteiger partial charge in [-0.3, -0.25) is 0 Å². The summed E-state index contributed by atoms with van der Waals surface area (Å²) < 4.78 is 11.5. The fraction of sp³-hybridized carbons (Fsp3) is 0.789. The molecule has 0 radical (unpaired) electrons. The molecule has 1 amide bonds. The number of hydrogen-bond donors (Lipinski definition) is 1. The summed E-state index contributed by atoms with van der Waals surface area (Å²) in [4.78, 5) is 36.8. The zero-order valence-corrected chi connectivity index (χ0v) is 16.7. The summed E-state index contributed by atoms with van der Waals surface area (Å²) in [6, 6.07) is -1.15. The molecule has 0 unspecified atom stereocenters. The van der Waals surface area contributed by atoms with E-state index in [2.05, 4.69) is 0 Å². The van der Waals surface area contributed by atoms with Crippen LogP contribution in [0.25, 0.3) is 0 Å². The van der Waals surface area contributed by atoms with Crippen molar-refractivity contribution >= 4 is 24.2 Å². The molecule has 0 spiro atoms. The maximum absolute atomic E-state index is 12.6. The molecular formula is C19H32NO6+. The molecular weight excluding hydrogens is 338 g/mol. The Hall–Kier alpha value is -1.92. The molecule has 1 saturated carbocycles. The molecule has 0 bridgehead atoms. The van der Waals surface area contributed by atoms with E-state index in [0.717, 1.165) is 30.1 Å². The van der Waals surface area contributed by atoms with Crippen molar-refractivity contribution in [3.63, 3.8) is 0 Å². The number of esters is 1. The predicted octanol–water partition coefficient (Wildman–Crippen LogP) is 3.38. The SMILES string of the molecule is CC(C)(C)OC(=O)C=[N+](C(=O)OC(C)(C)C)[C@H](C(=O)O)C1CCCCC1. The maximum Gasteiger partial charge on any atom is 0.597 e. The van der Waals surface area contributed by atoms with Crippen LogP contribution >= 0.6 is 0 Å². The molecule has 7 nitrogen and oxygen atoms in total. The van der Waals surface area contributed by atoms with E-state index in [-0.39, 0.29) is 5.92 Å². The number of ether oxygens (including phenoxy) is 2. The van der Waals surface area contributed by atoms with E-state index in [1.165, 1.54) is 0 Å². The number of carbonyl (C=O) groups excluding carboxylic acids is 2. The van der Waals surface area contributed by atoms with Crippen LogP contribution in [0.3, 0.4) is 0 Å². The molecule has 1 N–H and O–H groups in total. The number of nitrogens with zero attached hydrogens (tertiary/aromatic N) is 1. The van der Waals surface area contributed by atoms with Crippen molar-refractivity contribution in [2.45, 2.75) is 90.9 Å². The molecule has 0 heterocycles. The average Bonchev–Trinajstić information content (AvgIpc) is 2.43. The Balaban J connectivity index is 3.24. The maximum atomic E-state index is 12.6. The molecule has 0 aromatic rings. The standard InChI is InChI=1S/C19H31NO6/c1-18(2,3)25-14(21)12-20(17(24)26-19(4,5)6)15(16(22)23)13-10-8-7-9-11-13/h12-13,15H,7-11H2,1-6H3/p+1/t15-/m0/s1. The van der Waals surface area contributed by atoms with Gasteiger partial charge in [0.2, 0.25) is 0 Å². The van der Waals surface area contributed by atoms with Crippen molar-refractivity contribution in [3.05, 3.63) is 0 Å². The highest BCUT2D eigenvalue weighted by Crippen LogP contribution is 2.28. The first kappa shape index (κ1) is 22.1. The minimum absolute atomic E-state index is 0.229. The van der Waals surface area contributed by atoms with Gasteiger partial charge in [-0.2, -0.15) is 4.79 Å². The molecule has 1 atom stereocenters. The summed E-state index contributed by atoms with van der Waals surface area (Å²) in [6.45, 7) is 10.2. The molecule has 148 valence electrons. The van der Waals surface area contributed by atoms with E-state index < -0.39 is 35.3 Å². The van der Waals surface area contributed by atoms with Gasteiger partial charge in [-0.1, -0.05) is 19.3 Å². The summed E-state index contributed by atoms with van der Waals surface area (Å²) in [6.07, 6.45) is 4.31. The van der Waals surface area contributed by atoms with Gasteiger partial charge in [0, 0.05) is 5.92 Å². The first-order valence-corrected chi connectivity index (χ1v) is 9.12. The highest BCUT2D eigenvalue weighted by atomic mass is 16.6. The van der Waals surface area contributed by atoms with Crippen LogP contribution in [-0.2, 0) is 19.1 Å². The van der Waals surface area contributed by atoms with Gasteiger partial charge in [0.1, 0.15) is 11.2 Å². The number of carbonyl (C=O) groups is 3. The van der Waals surface area contributed by atoms with Crippen molar-refractivity contribution in [1.29, 1.82) is 0 Å².